The summed E-state index contributed by atoms with van der Waals surface area (Å²) in [7, 11) is 0. The van der Waals surface area contributed by atoms with Crippen LogP contribution >= 0.6 is 15.9 Å². The molecule has 1 aromatic heterocycles. The van der Waals surface area contributed by atoms with Crippen molar-refractivity contribution in [1.82, 2.24) is 4.98 Å². The molecule has 4 heteroatoms. The molecule has 104 valence electrons. The summed E-state index contributed by atoms with van der Waals surface area (Å²) < 4.78 is 0.547. The lowest BCUT2D eigenvalue weighted by Gasteiger charge is -2.23. The monoisotopic (exact) mass is 332 g/mol. The Balaban J connectivity index is 2.32. The van der Waals surface area contributed by atoms with Crippen LogP contribution in [0.5, 0.6) is 0 Å². The molecule has 0 aliphatic carbocycles. The first-order chi connectivity index (χ1) is 9.39. The number of benzene rings is 1. The van der Waals surface area contributed by atoms with Crippen LogP contribution in [-0.4, -0.2) is 10.9 Å². The first-order valence-electron chi connectivity index (χ1n) is 6.41. The molecule has 0 aliphatic rings. The Kier molecular flexibility index (Phi) is 4.23. The van der Waals surface area contributed by atoms with Gasteiger partial charge in [-0.2, -0.15) is 0 Å². The smallest absolute Gasteiger partial charge is 0.258 e. The van der Waals surface area contributed by atoms with E-state index in [1.807, 2.05) is 24.3 Å². The van der Waals surface area contributed by atoms with Crippen LogP contribution in [0.3, 0.4) is 0 Å². The number of aromatic nitrogens is 1. The predicted molar refractivity (Wildman–Crippen MR) is 85.0 cm³/mol. The van der Waals surface area contributed by atoms with Gasteiger partial charge in [0.05, 0.1) is 5.56 Å². The number of hydrogen-bond acceptors (Lipinski definition) is 2. The summed E-state index contributed by atoms with van der Waals surface area (Å²) in [4.78, 5) is 16.4. The first kappa shape index (κ1) is 14.7. The molecule has 0 radical (unpaired) electrons. The van der Waals surface area contributed by atoms with E-state index >= 15 is 0 Å². The summed E-state index contributed by atoms with van der Waals surface area (Å²) >= 11 is 3.30. The lowest BCUT2D eigenvalue weighted by molar-refractivity contribution is 0.102. The number of anilines is 1. The van der Waals surface area contributed by atoms with Crippen LogP contribution in [0.15, 0.2) is 47.2 Å². The van der Waals surface area contributed by atoms with Crippen LogP contribution in [0.25, 0.3) is 0 Å². The Morgan fingerprint density at radius 2 is 1.85 bits per heavy atom. The minimum Gasteiger partial charge on any atom is -0.322 e. The summed E-state index contributed by atoms with van der Waals surface area (Å²) in [6.45, 7) is 6.37. The van der Waals surface area contributed by atoms with Crippen molar-refractivity contribution in [3.8, 4) is 0 Å². The highest BCUT2D eigenvalue weighted by atomic mass is 79.9. The number of hydrogen-bond donors (Lipinski definition) is 1. The molecule has 0 atom stereocenters. The molecule has 2 rings (SSSR count). The fourth-order valence-electron chi connectivity index (χ4n) is 1.99. The van der Waals surface area contributed by atoms with Crippen LogP contribution in [0.4, 0.5) is 5.69 Å². The highest BCUT2D eigenvalue weighted by Crippen LogP contribution is 2.29. The second kappa shape index (κ2) is 5.75. The zero-order chi connectivity index (χ0) is 14.8. The largest absolute Gasteiger partial charge is 0.322 e. The molecule has 0 unspecified atom stereocenters. The Morgan fingerprint density at radius 1 is 1.15 bits per heavy atom. The summed E-state index contributed by atoms with van der Waals surface area (Å²) in [6.07, 6.45) is 1.64. The minimum atomic E-state index is -0.165. The van der Waals surface area contributed by atoms with E-state index in [2.05, 4.69) is 47.0 Å². The molecule has 0 saturated heterocycles. The number of para-hydroxylation sites is 1. The van der Waals surface area contributed by atoms with Gasteiger partial charge in [-0.05, 0) is 45.1 Å². The number of carbonyl (C=O) groups is 1. The Labute approximate surface area is 127 Å². The van der Waals surface area contributed by atoms with Crippen LogP contribution in [0.2, 0.25) is 0 Å². The molecule has 20 heavy (non-hydrogen) atoms. The summed E-state index contributed by atoms with van der Waals surface area (Å²) in [5.41, 5.74) is 2.43. The molecular weight excluding hydrogens is 316 g/mol. The van der Waals surface area contributed by atoms with E-state index in [1.54, 1.807) is 18.3 Å². The average molecular weight is 333 g/mol. The molecule has 0 bridgehead atoms. The highest BCUT2D eigenvalue weighted by Gasteiger charge is 2.19. The molecule has 0 saturated carbocycles. The maximum atomic E-state index is 12.3. The summed E-state index contributed by atoms with van der Waals surface area (Å²) in [5.74, 6) is -0.165. The van der Waals surface area contributed by atoms with Crippen molar-refractivity contribution in [2.24, 2.45) is 0 Å². The molecule has 0 spiro atoms. The molecule has 1 amide bonds. The number of pyridine rings is 1. The third-order valence-corrected chi connectivity index (χ3v) is 3.62. The van der Waals surface area contributed by atoms with Gasteiger partial charge in [0, 0.05) is 11.9 Å². The normalized spacial score (nSPS) is 11.2. The number of amides is 1. The van der Waals surface area contributed by atoms with Gasteiger partial charge in [-0.3, -0.25) is 4.79 Å². The minimum absolute atomic E-state index is 0.0317. The van der Waals surface area contributed by atoms with Gasteiger partial charge in [0.15, 0.2) is 0 Å². The maximum Gasteiger partial charge on any atom is 0.258 e. The fourth-order valence-corrected chi connectivity index (χ4v) is 2.42. The Bertz CT molecular complexity index is 632. The second-order valence-electron chi connectivity index (χ2n) is 5.59. The van der Waals surface area contributed by atoms with E-state index < -0.39 is 0 Å². The van der Waals surface area contributed by atoms with Crippen molar-refractivity contribution in [1.29, 1.82) is 0 Å². The number of nitrogens with zero attached hydrogens (tertiary/aromatic N) is 1. The highest BCUT2D eigenvalue weighted by molar-refractivity contribution is 9.10. The number of carbonyl (C=O) groups excluding carboxylic acids is 1. The third kappa shape index (κ3) is 3.25. The van der Waals surface area contributed by atoms with Crippen LogP contribution < -0.4 is 5.32 Å². The van der Waals surface area contributed by atoms with Gasteiger partial charge in [0.2, 0.25) is 0 Å². The standard InChI is InChI=1S/C16H17BrN2O/c1-16(2,3)12-8-4-5-9-13(12)19-15(20)11-7-6-10-18-14(11)17/h4-10H,1-3H3,(H,19,20). The van der Waals surface area contributed by atoms with E-state index in [9.17, 15) is 4.79 Å². The lowest BCUT2D eigenvalue weighted by atomic mass is 9.86. The number of rotatable bonds is 2. The molecule has 1 heterocycles. The van der Waals surface area contributed by atoms with Crippen molar-refractivity contribution in [3.63, 3.8) is 0 Å². The van der Waals surface area contributed by atoms with Gasteiger partial charge in [-0.25, -0.2) is 4.98 Å². The van der Waals surface area contributed by atoms with Gasteiger partial charge in [0.1, 0.15) is 4.60 Å². The van der Waals surface area contributed by atoms with Gasteiger partial charge in [-0.1, -0.05) is 39.0 Å². The number of halogens is 1. The number of nitrogens with one attached hydrogen (secondary N) is 1. The van der Waals surface area contributed by atoms with Crippen molar-refractivity contribution >= 4 is 27.5 Å². The van der Waals surface area contributed by atoms with Gasteiger partial charge >= 0.3 is 0 Å². The van der Waals surface area contributed by atoms with Crippen molar-refractivity contribution in [3.05, 3.63) is 58.3 Å². The van der Waals surface area contributed by atoms with Crippen molar-refractivity contribution in [2.75, 3.05) is 5.32 Å². The quantitative estimate of drug-likeness (QED) is 0.828. The molecule has 2 aromatic rings. The van der Waals surface area contributed by atoms with E-state index in [0.717, 1.165) is 11.3 Å². The molecule has 3 nitrogen and oxygen atoms in total. The Hall–Kier alpha value is -1.68. The van der Waals surface area contributed by atoms with Gasteiger partial charge < -0.3 is 5.32 Å². The van der Waals surface area contributed by atoms with Crippen LogP contribution in [0, 0.1) is 0 Å². The Morgan fingerprint density at radius 3 is 2.50 bits per heavy atom. The summed E-state index contributed by atoms with van der Waals surface area (Å²) in [5, 5.41) is 2.97. The zero-order valence-corrected chi connectivity index (χ0v) is 13.4. The zero-order valence-electron chi connectivity index (χ0n) is 11.8. The van der Waals surface area contributed by atoms with E-state index in [0.29, 0.717) is 10.2 Å². The maximum absolute atomic E-state index is 12.3. The van der Waals surface area contributed by atoms with Crippen LogP contribution in [-0.2, 0) is 5.41 Å². The van der Waals surface area contributed by atoms with Gasteiger partial charge in [-0.15, -0.1) is 0 Å². The average Bonchev–Trinajstić information content (AvgIpc) is 2.38. The van der Waals surface area contributed by atoms with Crippen molar-refractivity contribution in [2.45, 2.75) is 26.2 Å². The van der Waals surface area contributed by atoms with E-state index in [-0.39, 0.29) is 11.3 Å². The predicted octanol–water partition coefficient (Wildman–Crippen LogP) is 4.39. The third-order valence-electron chi connectivity index (χ3n) is 2.99. The molecule has 0 aliphatic heterocycles. The molecule has 1 N–H and O–H groups in total. The first-order valence-corrected chi connectivity index (χ1v) is 7.20. The van der Waals surface area contributed by atoms with Gasteiger partial charge in [0.25, 0.3) is 5.91 Å². The molecule has 1 aromatic carbocycles. The van der Waals surface area contributed by atoms with E-state index in [1.165, 1.54) is 0 Å². The fraction of sp³-hybridized carbons (Fsp3) is 0.250. The second-order valence-corrected chi connectivity index (χ2v) is 6.34. The molecular formula is C16H17BrN2O. The van der Waals surface area contributed by atoms with Crippen LogP contribution in [0.1, 0.15) is 36.7 Å². The molecule has 0 fully saturated rings. The van der Waals surface area contributed by atoms with Crippen molar-refractivity contribution < 1.29 is 4.79 Å². The SMILES string of the molecule is CC(C)(C)c1ccccc1NC(=O)c1cccnc1Br. The summed E-state index contributed by atoms with van der Waals surface area (Å²) in [6, 6.07) is 11.3. The topological polar surface area (TPSA) is 42.0 Å². The van der Waals surface area contributed by atoms with E-state index in [4.69, 9.17) is 0 Å². The lowest BCUT2D eigenvalue weighted by Crippen LogP contribution is -2.19.